The number of aromatic amines is 1. The van der Waals surface area contributed by atoms with Crippen LogP contribution in [-0.2, 0) is 6.42 Å². The molecular weight excluding hydrogens is 210 g/mol. The highest BCUT2D eigenvalue weighted by molar-refractivity contribution is 6.31. The fourth-order valence-corrected chi connectivity index (χ4v) is 1.78. The van der Waals surface area contributed by atoms with E-state index in [-0.39, 0.29) is 6.04 Å². The van der Waals surface area contributed by atoms with Crippen molar-refractivity contribution in [2.75, 3.05) is 0 Å². The molecule has 78 valence electrons. The summed E-state index contributed by atoms with van der Waals surface area (Å²) in [6.45, 7) is 0. The minimum Gasteiger partial charge on any atom is -0.349 e. The number of nitrogens with one attached hydrogen (secondary N) is 1. The van der Waals surface area contributed by atoms with Gasteiger partial charge in [0.1, 0.15) is 5.82 Å². The number of hydrogen-bond donors (Lipinski definition) is 2. The quantitative estimate of drug-likeness (QED) is 0.836. The molecule has 1 heterocycles. The van der Waals surface area contributed by atoms with E-state index in [2.05, 4.69) is 9.97 Å². The predicted molar refractivity (Wildman–Crippen MR) is 60.7 cm³/mol. The zero-order chi connectivity index (χ0) is 10.7. The highest BCUT2D eigenvalue weighted by Gasteiger charge is 2.11. The van der Waals surface area contributed by atoms with Crippen LogP contribution in [0.3, 0.4) is 0 Å². The van der Waals surface area contributed by atoms with Crippen molar-refractivity contribution >= 4 is 11.6 Å². The first kappa shape index (κ1) is 10.2. The molecule has 0 bridgehead atoms. The van der Waals surface area contributed by atoms with E-state index in [4.69, 9.17) is 17.3 Å². The lowest BCUT2D eigenvalue weighted by molar-refractivity contribution is 0.695. The molecule has 0 aliphatic carbocycles. The molecule has 0 saturated heterocycles. The van der Waals surface area contributed by atoms with E-state index in [1.54, 1.807) is 12.4 Å². The van der Waals surface area contributed by atoms with Crippen LogP contribution in [0.2, 0.25) is 5.02 Å². The molecule has 2 rings (SSSR count). The summed E-state index contributed by atoms with van der Waals surface area (Å²) in [6, 6.07) is 7.49. The molecule has 4 heteroatoms. The summed E-state index contributed by atoms with van der Waals surface area (Å²) >= 11 is 6.05. The normalized spacial score (nSPS) is 12.7. The fourth-order valence-electron chi connectivity index (χ4n) is 1.50. The molecule has 0 spiro atoms. The van der Waals surface area contributed by atoms with Crippen molar-refractivity contribution in [3.05, 3.63) is 53.1 Å². The van der Waals surface area contributed by atoms with Gasteiger partial charge in [0, 0.05) is 29.9 Å². The third kappa shape index (κ3) is 2.37. The molecule has 0 fully saturated rings. The van der Waals surface area contributed by atoms with Gasteiger partial charge in [0.2, 0.25) is 0 Å². The average Bonchev–Trinajstić information content (AvgIpc) is 2.71. The van der Waals surface area contributed by atoms with E-state index < -0.39 is 0 Å². The van der Waals surface area contributed by atoms with Crippen molar-refractivity contribution in [3.63, 3.8) is 0 Å². The molecule has 0 amide bonds. The van der Waals surface area contributed by atoms with E-state index >= 15 is 0 Å². The van der Waals surface area contributed by atoms with E-state index in [0.29, 0.717) is 11.4 Å². The molecule has 1 atom stereocenters. The monoisotopic (exact) mass is 221 g/mol. The van der Waals surface area contributed by atoms with Gasteiger partial charge in [-0.05, 0) is 11.6 Å². The maximum atomic E-state index is 6.05. The van der Waals surface area contributed by atoms with Gasteiger partial charge in [-0.2, -0.15) is 0 Å². The van der Waals surface area contributed by atoms with Crippen molar-refractivity contribution in [1.82, 2.24) is 9.97 Å². The average molecular weight is 222 g/mol. The smallest absolute Gasteiger partial charge is 0.107 e. The van der Waals surface area contributed by atoms with Gasteiger partial charge in [0.05, 0.1) is 0 Å². The summed E-state index contributed by atoms with van der Waals surface area (Å²) in [7, 11) is 0. The van der Waals surface area contributed by atoms with E-state index in [0.717, 1.165) is 11.4 Å². The predicted octanol–water partition coefficient (Wildman–Crippen LogP) is 2.31. The number of nitrogens with two attached hydrogens (primary N) is 1. The molecule has 0 saturated carbocycles. The maximum Gasteiger partial charge on any atom is 0.107 e. The molecule has 15 heavy (non-hydrogen) atoms. The Morgan fingerprint density at radius 1 is 1.40 bits per heavy atom. The zero-order valence-electron chi connectivity index (χ0n) is 8.15. The van der Waals surface area contributed by atoms with E-state index in [1.165, 1.54) is 0 Å². The molecule has 3 N–H and O–H groups in total. The Kier molecular flexibility index (Phi) is 3.04. The SMILES string of the molecule is NC(Cc1ncc[nH]1)c1ccccc1Cl. The molecular formula is C11H12ClN3. The minimum absolute atomic E-state index is 0.121. The highest BCUT2D eigenvalue weighted by atomic mass is 35.5. The standard InChI is InChI=1S/C11H12ClN3/c12-9-4-2-1-3-8(9)10(13)7-11-14-5-6-15-11/h1-6,10H,7,13H2,(H,14,15). The number of halogens is 1. The number of benzene rings is 1. The summed E-state index contributed by atoms with van der Waals surface area (Å²) in [5.74, 6) is 0.877. The molecule has 0 radical (unpaired) electrons. The molecule has 1 aromatic heterocycles. The van der Waals surface area contributed by atoms with E-state index in [1.807, 2.05) is 24.3 Å². The lowest BCUT2D eigenvalue weighted by Crippen LogP contribution is -2.14. The Balaban J connectivity index is 2.15. The van der Waals surface area contributed by atoms with Gasteiger partial charge < -0.3 is 10.7 Å². The molecule has 2 aromatic rings. The number of imidazole rings is 1. The van der Waals surface area contributed by atoms with Gasteiger partial charge in [-0.15, -0.1) is 0 Å². The van der Waals surface area contributed by atoms with Crippen LogP contribution in [0.15, 0.2) is 36.7 Å². The van der Waals surface area contributed by atoms with Crippen molar-refractivity contribution < 1.29 is 0 Å². The number of aromatic nitrogens is 2. The van der Waals surface area contributed by atoms with Gasteiger partial charge >= 0.3 is 0 Å². The first-order valence-electron chi connectivity index (χ1n) is 4.75. The Labute approximate surface area is 93.3 Å². The largest absolute Gasteiger partial charge is 0.349 e. The van der Waals surface area contributed by atoms with Crippen LogP contribution in [0, 0.1) is 0 Å². The van der Waals surface area contributed by atoms with Crippen LogP contribution in [0.25, 0.3) is 0 Å². The Morgan fingerprint density at radius 2 is 2.20 bits per heavy atom. The van der Waals surface area contributed by atoms with Gasteiger partial charge in [0.15, 0.2) is 0 Å². The number of H-pyrrole nitrogens is 1. The lowest BCUT2D eigenvalue weighted by Gasteiger charge is -2.11. The zero-order valence-corrected chi connectivity index (χ0v) is 8.91. The Morgan fingerprint density at radius 3 is 2.87 bits per heavy atom. The van der Waals surface area contributed by atoms with Crippen molar-refractivity contribution in [2.24, 2.45) is 5.73 Å². The topological polar surface area (TPSA) is 54.7 Å². The van der Waals surface area contributed by atoms with E-state index in [9.17, 15) is 0 Å². The number of hydrogen-bond acceptors (Lipinski definition) is 2. The van der Waals surface area contributed by atoms with Crippen LogP contribution in [0.5, 0.6) is 0 Å². The first-order valence-corrected chi connectivity index (χ1v) is 5.13. The van der Waals surface area contributed by atoms with Crippen molar-refractivity contribution in [1.29, 1.82) is 0 Å². The Hall–Kier alpha value is -1.32. The third-order valence-corrected chi connectivity index (χ3v) is 2.62. The third-order valence-electron chi connectivity index (χ3n) is 2.27. The molecule has 1 unspecified atom stereocenters. The summed E-state index contributed by atoms with van der Waals surface area (Å²) in [6.07, 6.45) is 4.17. The lowest BCUT2D eigenvalue weighted by atomic mass is 10.0. The van der Waals surface area contributed by atoms with Gasteiger partial charge in [-0.1, -0.05) is 29.8 Å². The highest BCUT2D eigenvalue weighted by Crippen LogP contribution is 2.22. The maximum absolute atomic E-state index is 6.05. The summed E-state index contributed by atoms with van der Waals surface area (Å²) in [4.78, 5) is 7.16. The molecule has 3 nitrogen and oxygen atoms in total. The van der Waals surface area contributed by atoms with Crippen LogP contribution >= 0.6 is 11.6 Å². The van der Waals surface area contributed by atoms with Gasteiger partial charge in [-0.25, -0.2) is 4.98 Å². The van der Waals surface area contributed by atoms with Crippen molar-refractivity contribution in [2.45, 2.75) is 12.5 Å². The second kappa shape index (κ2) is 4.47. The van der Waals surface area contributed by atoms with Gasteiger partial charge in [0.25, 0.3) is 0 Å². The first-order chi connectivity index (χ1) is 7.27. The number of nitrogens with zero attached hydrogens (tertiary/aromatic N) is 1. The Bertz CT molecular complexity index is 425. The second-order valence-corrected chi connectivity index (χ2v) is 3.78. The molecule has 0 aliphatic heterocycles. The summed E-state index contributed by atoms with van der Waals surface area (Å²) < 4.78 is 0. The molecule has 1 aromatic carbocycles. The van der Waals surface area contributed by atoms with Crippen LogP contribution in [0.1, 0.15) is 17.4 Å². The summed E-state index contributed by atoms with van der Waals surface area (Å²) in [5, 5.41) is 0.705. The minimum atomic E-state index is -0.121. The number of rotatable bonds is 3. The second-order valence-electron chi connectivity index (χ2n) is 3.37. The van der Waals surface area contributed by atoms with Crippen LogP contribution in [-0.4, -0.2) is 9.97 Å². The van der Waals surface area contributed by atoms with Crippen molar-refractivity contribution in [3.8, 4) is 0 Å². The fraction of sp³-hybridized carbons (Fsp3) is 0.182. The van der Waals surface area contributed by atoms with Crippen LogP contribution in [0.4, 0.5) is 0 Å². The molecule has 0 aliphatic rings. The van der Waals surface area contributed by atoms with Gasteiger partial charge in [-0.3, -0.25) is 0 Å². The van der Waals surface area contributed by atoms with Crippen LogP contribution < -0.4 is 5.73 Å². The summed E-state index contributed by atoms with van der Waals surface area (Å²) in [5.41, 5.74) is 7.00.